The van der Waals surface area contributed by atoms with Crippen molar-refractivity contribution >= 4 is 22.9 Å². The van der Waals surface area contributed by atoms with E-state index in [4.69, 9.17) is 14.5 Å². The molecule has 50 heavy (non-hydrogen) atoms. The molecule has 0 spiro atoms. The number of fused-ring (bicyclic) bond motifs is 1. The second-order valence-corrected chi connectivity index (χ2v) is 13.3. The number of amides is 1. The highest BCUT2D eigenvalue weighted by atomic mass is 16.5. The third-order valence-electron chi connectivity index (χ3n) is 10.3. The lowest BCUT2D eigenvalue weighted by atomic mass is 9.76. The summed E-state index contributed by atoms with van der Waals surface area (Å²) in [5.74, 6) is 1.61. The fourth-order valence-electron chi connectivity index (χ4n) is 7.64. The van der Waals surface area contributed by atoms with Gasteiger partial charge in [-0.25, -0.2) is 9.67 Å². The number of benzene rings is 3. The lowest BCUT2D eigenvalue weighted by molar-refractivity contribution is 0.0777. The predicted octanol–water partition coefficient (Wildman–Crippen LogP) is 4.50. The van der Waals surface area contributed by atoms with Gasteiger partial charge in [0.15, 0.2) is 0 Å². The summed E-state index contributed by atoms with van der Waals surface area (Å²) in [6.07, 6.45) is 4.53. The van der Waals surface area contributed by atoms with Crippen LogP contribution in [0.4, 0.5) is 5.95 Å². The maximum atomic E-state index is 14.2. The molecule has 0 saturated carbocycles. The van der Waals surface area contributed by atoms with Crippen LogP contribution in [0.15, 0.2) is 79.1 Å². The van der Waals surface area contributed by atoms with Crippen LogP contribution in [0.3, 0.4) is 0 Å². The number of hydrogen-bond donors (Lipinski definition) is 0. The van der Waals surface area contributed by atoms with Crippen molar-refractivity contribution in [3.63, 3.8) is 0 Å². The van der Waals surface area contributed by atoms with E-state index in [0.29, 0.717) is 44.2 Å². The molecule has 0 bridgehead atoms. The number of nitrogens with zero attached hydrogens (tertiary/aromatic N) is 9. The van der Waals surface area contributed by atoms with Crippen molar-refractivity contribution < 1.29 is 14.3 Å². The van der Waals surface area contributed by atoms with Crippen LogP contribution in [0, 0.1) is 0 Å². The lowest BCUT2D eigenvalue weighted by Crippen LogP contribution is -2.39. The van der Waals surface area contributed by atoms with Crippen molar-refractivity contribution in [2.24, 2.45) is 0 Å². The topological polar surface area (TPSA) is 107 Å². The average Bonchev–Trinajstić information content (AvgIpc) is 3.88. The van der Waals surface area contributed by atoms with Crippen LogP contribution in [0.25, 0.3) is 11.0 Å². The van der Waals surface area contributed by atoms with Gasteiger partial charge in [-0.3, -0.25) is 4.79 Å². The summed E-state index contributed by atoms with van der Waals surface area (Å²) < 4.78 is 15.4. The molecule has 2 aliphatic rings. The number of tetrazole rings is 1. The zero-order valence-electron chi connectivity index (χ0n) is 29.2. The van der Waals surface area contributed by atoms with Crippen LogP contribution >= 0.6 is 0 Å². The maximum absolute atomic E-state index is 14.2. The van der Waals surface area contributed by atoms with E-state index in [1.54, 1.807) is 18.1 Å². The van der Waals surface area contributed by atoms with Crippen molar-refractivity contribution in [3.8, 4) is 5.75 Å². The fourth-order valence-corrected chi connectivity index (χ4v) is 7.64. The van der Waals surface area contributed by atoms with Crippen LogP contribution < -0.4 is 9.64 Å². The van der Waals surface area contributed by atoms with Gasteiger partial charge in [0.05, 0.1) is 36.9 Å². The number of carbonyl (C=O) groups is 1. The zero-order chi connectivity index (χ0) is 34.3. The summed E-state index contributed by atoms with van der Waals surface area (Å²) in [6, 6.07) is 24.9. The Hall–Kier alpha value is -4.81. The number of hydrogen-bond acceptors (Lipinski definition) is 9. The van der Waals surface area contributed by atoms with Gasteiger partial charge in [0.2, 0.25) is 5.95 Å². The van der Waals surface area contributed by atoms with Crippen LogP contribution in [0.1, 0.15) is 47.7 Å². The van der Waals surface area contributed by atoms with E-state index in [0.717, 1.165) is 81.1 Å². The van der Waals surface area contributed by atoms with E-state index in [-0.39, 0.29) is 11.3 Å². The van der Waals surface area contributed by atoms with E-state index in [1.807, 2.05) is 30.0 Å². The third kappa shape index (κ3) is 7.22. The molecule has 0 aliphatic carbocycles. The van der Waals surface area contributed by atoms with E-state index < -0.39 is 0 Å². The van der Waals surface area contributed by atoms with Gasteiger partial charge in [-0.2, -0.15) is 0 Å². The smallest absolute Gasteiger partial charge is 0.257 e. The summed E-state index contributed by atoms with van der Waals surface area (Å²) in [5.41, 5.74) is 4.87. The Morgan fingerprint density at radius 1 is 0.940 bits per heavy atom. The number of para-hydroxylation sites is 2. The van der Waals surface area contributed by atoms with Crippen molar-refractivity contribution in [2.75, 3.05) is 71.0 Å². The largest absolute Gasteiger partial charge is 0.496 e. The summed E-state index contributed by atoms with van der Waals surface area (Å²) in [7, 11) is 1.62. The second kappa shape index (κ2) is 15.4. The van der Waals surface area contributed by atoms with E-state index in [9.17, 15) is 4.79 Å². The molecular formula is C38H47N9O3. The van der Waals surface area contributed by atoms with Gasteiger partial charge in [0.1, 0.15) is 12.1 Å². The van der Waals surface area contributed by atoms with Crippen molar-refractivity contribution in [1.29, 1.82) is 0 Å². The van der Waals surface area contributed by atoms with Crippen LogP contribution in [0.2, 0.25) is 0 Å². The third-order valence-corrected chi connectivity index (χ3v) is 10.3. The highest BCUT2D eigenvalue weighted by Crippen LogP contribution is 2.39. The molecule has 262 valence electrons. The molecule has 1 atom stereocenters. The van der Waals surface area contributed by atoms with Crippen molar-refractivity contribution in [1.82, 2.24) is 39.6 Å². The van der Waals surface area contributed by atoms with Gasteiger partial charge in [-0.1, -0.05) is 48.5 Å². The molecule has 2 saturated heterocycles. The first-order valence-electron chi connectivity index (χ1n) is 17.8. The number of likely N-dealkylation sites (tertiary alicyclic amines) is 1. The summed E-state index contributed by atoms with van der Waals surface area (Å²) in [5, 5.41) is 11.5. The first kappa shape index (κ1) is 33.7. The molecule has 0 N–H and O–H groups in total. The van der Waals surface area contributed by atoms with Crippen molar-refractivity contribution in [2.45, 2.75) is 44.7 Å². The van der Waals surface area contributed by atoms with E-state index >= 15 is 0 Å². The van der Waals surface area contributed by atoms with E-state index in [2.05, 4.69) is 84.5 Å². The number of aromatic nitrogens is 6. The van der Waals surface area contributed by atoms with Gasteiger partial charge in [-0.15, -0.1) is 5.10 Å². The molecule has 12 heteroatoms. The summed E-state index contributed by atoms with van der Waals surface area (Å²) in [6.45, 7) is 10.9. The van der Waals surface area contributed by atoms with Gasteiger partial charge < -0.3 is 28.7 Å². The summed E-state index contributed by atoms with van der Waals surface area (Å²) in [4.78, 5) is 26.3. The van der Waals surface area contributed by atoms with Gasteiger partial charge in [0.25, 0.3) is 5.91 Å². The normalized spacial score (nSPS) is 18.5. The molecule has 1 amide bonds. The molecule has 3 aromatic carbocycles. The lowest BCUT2D eigenvalue weighted by Gasteiger charge is -2.33. The van der Waals surface area contributed by atoms with Gasteiger partial charge >= 0.3 is 0 Å². The molecule has 1 unspecified atom stereocenters. The number of carbonyl (C=O) groups excluding carboxylic acids is 1. The summed E-state index contributed by atoms with van der Waals surface area (Å²) >= 11 is 0. The van der Waals surface area contributed by atoms with Gasteiger partial charge in [0, 0.05) is 51.3 Å². The minimum atomic E-state index is -0.132. The number of methoxy groups -OCH3 is 1. The SMILES string of the molecule is CCOCCn1c(N2CCCN(CCC3(c4ccccc4)CCN(C(=O)c4cc(Cn5cnnn5)ccc4OC)C3)CC2)nc2ccccc21. The Labute approximate surface area is 293 Å². The predicted molar refractivity (Wildman–Crippen MR) is 193 cm³/mol. The molecule has 0 radical (unpaired) electrons. The Bertz CT molecular complexity index is 1860. The number of rotatable bonds is 13. The van der Waals surface area contributed by atoms with E-state index in [1.165, 1.54) is 5.56 Å². The number of ether oxygens (including phenoxy) is 2. The quantitative estimate of drug-likeness (QED) is 0.167. The molecule has 5 aromatic rings. The molecule has 2 aromatic heterocycles. The first-order chi connectivity index (χ1) is 24.6. The molecule has 2 aliphatic heterocycles. The highest BCUT2D eigenvalue weighted by Gasteiger charge is 2.42. The first-order valence-corrected chi connectivity index (χ1v) is 17.8. The monoisotopic (exact) mass is 677 g/mol. The van der Waals surface area contributed by atoms with Crippen LogP contribution in [-0.4, -0.2) is 112 Å². The van der Waals surface area contributed by atoms with Crippen LogP contribution in [0.5, 0.6) is 5.75 Å². The Morgan fingerprint density at radius 3 is 2.62 bits per heavy atom. The number of anilines is 1. The number of imidazole rings is 1. The fraction of sp³-hybridized carbons (Fsp3) is 0.447. The Morgan fingerprint density at radius 2 is 1.80 bits per heavy atom. The molecular weight excluding hydrogens is 630 g/mol. The average molecular weight is 678 g/mol. The molecule has 4 heterocycles. The standard InChI is InChI=1S/C38H47N9O3/c1-3-50-25-24-47-34-13-8-7-12-33(34)40-37(47)44-19-9-18-43(22-23-44)20-16-38(31-10-5-4-6-11-31)17-21-45(28-38)36(48)32-26-30(14-15-35(32)49-2)27-46-29-39-41-42-46/h4-8,10-15,26,29H,3,9,16-25,27-28H2,1-2H3. The Kier molecular flexibility index (Phi) is 10.4. The van der Waals surface area contributed by atoms with Crippen LogP contribution in [-0.2, 0) is 23.2 Å². The zero-order valence-corrected chi connectivity index (χ0v) is 29.2. The highest BCUT2D eigenvalue weighted by molar-refractivity contribution is 5.97. The molecule has 7 rings (SSSR count). The second-order valence-electron chi connectivity index (χ2n) is 13.3. The van der Waals surface area contributed by atoms with Gasteiger partial charge in [-0.05, 0) is 85.1 Å². The molecule has 2 fully saturated rings. The van der Waals surface area contributed by atoms with Crippen molar-refractivity contribution in [3.05, 3.63) is 95.8 Å². The minimum Gasteiger partial charge on any atom is -0.496 e. The Balaban J connectivity index is 1.05. The minimum absolute atomic E-state index is 0.00383. The molecule has 12 nitrogen and oxygen atoms in total. The maximum Gasteiger partial charge on any atom is 0.257 e.